The zero-order chi connectivity index (χ0) is 29.4. The van der Waals surface area contributed by atoms with Crippen LogP contribution in [0.4, 0.5) is 5.69 Å². The van der Waals surface area contributed by atoms with E-state index in [2.05, 4.69) is 5.32 Å². The van der Waals surface area contributed by atoms with Crippen LogP contribution in [-0.4, -0.2) is 51.0 Å². The molecular weight excluding hydrogens is 593 g/mol. The average Bonchev–Trinajstić information content (AvgIpc) is 2.90. The molecule has 3 aromatic rings. The molecule has 0 bridgehead atoms. The second-order valence-corrected chi connectivity index (χ2v) is 12.6. The topological polar surface area (TPSA) is 86.8 Å². The Morgan fingerprint density at radius 3 is 2.23 bits per heavy atom. The molecule has 3 rings (SSSR count). The summed E-state index contributed by atoms with van der Waals surface area (Å²) in [4.78, 5) is 28.4. The van der Waals surface area contributed by atoms with Gasteiger partial charge >= 0.3 is 0 Å². The maximum absolute atomic E-state index is 13.8. The van der Waals surface area contributed by atoms with Crippen molar-refractivity contribution in [3.63, 3.8) is 0 Å². The van der Waals surface area contributed by atoms with Crippen molar-refractivity contribution in [2.75, 3.05) is 24.2 Å². The molecule has 7 nitrogen and oxygen atoms in total. The minimum Gasteiger partial charge on any atom is -0.357 e. The van der Waals surface area contributed by atoms with E-state index in [0.29, 0.717) is 26.3 Å². The van der Waals surface area contributed by atoms with Crippen LogP contribution in [0, 0.1) is 6.92 Å². The molecule has 1 N–H and O–H groups in total. The molecule has 0 spiro atoms. The number of nitrogens with zero attached hydrogens (tertiary/aromatic N) is 2. The van der Waals surface area contributed by atoms with Gasteiger partial charge in [-0.05, 0) is 54.3 Å². The third-order valence-electron chi connectivity index (χ3n) is 6.47. The monoisotopic (exact) mass is 623 g/mol. The number of hydrogen-bond donors (Lipinski definition) is 1. The molecule has 0 aliphatic heterocycles. The molecular formula is C29H32Cl3N3O4S. The van der Waals surface area contributed by atoms with E-state index in [1.54, 1.807) is 43.3 Å². The Morgan fingerprint density at radius 1 is 0.950 bits per heavy atom. The molecule has 214 valence electrons. The van der Waals surface area contributed by atoms with Gasteiger partial charge in [0.2, 0.25) is 21.8 Å². The van der Waals surface area contributed by atoms with Gasteiger partial charge in [-0.3, -0.25) is 13.9 Å². The highest BCUT2D eigenvalue weighted by Crippen LogP contribution is 2.28. The van der Waals surface area contributed by atoms with Gasteiger partial charge in [-0.1, -0.05) is 77.3 Å². The minimum absolute atomic E-state index is 0.000867. The summed E-state index contributed by atoms with van der Waals surface area (Å²) in [5, 5.41) is 3.91. The second-order valence-electron chi connectivity index (χ2n) is 9.45. The number of likely N-dealkylation sites (N-methyl/N-ethyl adjacent to an activating group) is 1. The number of rotatable bonds is 12. The van der Waals surface area contributed by atoms with Crippen LogP contribution in [0.3, 0.4) is 0 Å². The van der Waals surface area contributed by atoms with Gasteiger partial charge in [0.15, 0.2) is 0 Å². The average molecular weight is 625 g/mol. The highest BCUT2D eigenvalue weighted by molar-refractivity contribution is 7.92. The molecule has 0 unspecified atom stereocenters. The van der Waals surface area contributed by atoms with Crippen molar-refractivity contribution >= 4 is 62.3 Å². The predicted octanol–water partition coefficient (Wildman–Crippen LogP) is 5.89. The number of anilines is 1. The van der Waals surface area contributed by atoms with Crippen molar-refractivity contribution in [1.82, 2.24) is 10.2 Å². The van der Waals surface area contributed by atoms with Gasteiger partial charge in [0.25, 0.3) is 0 Å². The van der Waals surface area contributed by atoms with Gasteiger partial charge in [-0.2, -0.15) is 0 Å². The first-order valence-electron chi connectivity index (χ1n) is 12.6. The smallest absolute Gasteiger partial charge is 0.242 e. The number of carbonyl (C=O) groups is 2. The minimum atomic E-state index is -3.65. The highest BCUT2D eigenvalue weighted by Gasteiger charge is 2.30. The fraction of sp³-hybridized carbons (Fsp3) is 0.310. The van der Waals surface area contributed by atoms with Crippen molar-refractivity contribution < 1.29 is 18.0 Å². The van der Waals surface area contributed by atoms with Gasteiger partial charge in [0, 0.05) is 48.0 Å². The second kappa shape index (κ2) is 14.2. The van der Waals surface area contributed by atoms with Crippen LogP contribution in [0.25, 0.3) is 0 Å². The fourth-order valence-electron chi connectivity index (χ4n) is 4.39. The summed E-state index contributed by atoms with van der Waals surface area (Å²) in [6, 6.07) is 18.6. The molecule has 0 saturated heterocycles. The van der Waals surface area contributed by atoms with Gasteiger partial charge in [-0.25, -0.2) is 8.42 Å². The number of carbonyl (C=O) groups excluding carboxylic acids is 2. The summed E-state index contributed by atoms with van der Waals surface area (Å²) in [6.07, 6.45) is 1.62. The van der Waals surface area contributed by atoms with E-state index in [0.717, 1.165) is 17.4 Å². The molecule has 3 aromatic carbocycles. The van der Waals surface area contributed by atoms with Crippen molar-refractivity contribution in [3.8, 4) is 0 Å². The van der Waals surface area contributed by atoms with E-state index in [1.807, 2.05) is 30.3 Å². The SMILES string of the molecule is CNC(=O)[C@H](Cc1ccccc1)N(Cc1ccc(Cl)cc1Cl)C(=O)CCCN(c1cc(Cl)ccc1C)S(C)(=O)=O. The van der Waals surface area contributed by atoms with Gasteiger partial charge < -0.3 is 10.2 Å². The van der Waals surface area contributed by atoms with Crippen LogP contribution in [0.2, 0.25) is 15.1 Å². The lowest BCUT2D eigenvalue weighted by molar-refractivity contribution is -0.141. The fourth-order valence-corrected chi connectivity index (χ4v) is 6.04. The molecule has 0 saturated carbocycles. The Bertz CT molecular complexity index is 1450. The molecule has 0 fully saturated rings. The number of benzene rings is 3. The van der Waals surface area contributed by atoms with E-state index in [4.69, 9.17) is 34.8 Å². The number of hydrogen-bond acceptors (Lipinski definition) is 4. The number of nitrogens with one attached hydrogen (secondary N) is 1. The molecule has 1 atom stereocenters. The van der Waals surface area contributed by atoms with Gasteiger partial charge in [-0.15, -0.1) is 0 Å². The Hall–Kier alpha value is -2.78. The standard InChI is InChI=1S/C29H32Cl3N3O4S/c1-20-11-13-24(31)18-26(20)35(40(3,38)39)15-7-10-28(36)34(19-22-12-14-23(30)17-25(22)32)27(29(37)33-2)16-21-8-5-4-6-9-21/h4-6,8-9,11-14,17-18,27H,7,10,15-16,19H2,1-3H3,(H,33,37)/t27-/m0/s1. The van der Waals surface area contributed by atoms with Crippen LogP contribution >= 0.6 is 34.8 Å². The summed E-state index contributed by atoms with van der Waals surface area (Å²) >= 11 is 18.7. The van der Waals surface area contributed by atoms with Crippen LogP contribution < -0.4 is 9.62 Å². The Morgan fingerprint density at radius 2 is 1.60 bits per heavy atom. The number of aryl methyl sites for hydroxylation is 1. The third-order valence-corrected chi connectivity index (χ3v) is 8.47. The molecule has 0 heterocycles. The number of amides is 2. The van der Waals surface area contributed by atoms with Gasteiger partial charge in [0.05, 0.1) is 11.9 Å². The number of halogens is 3. The lowest BCUT2D eigenvalue weighted by Gasteiger charge is -2.32. The lowest BCUT2D eigenvalue weighted by Crippen LogP contribution is -2.49. The third kappa shape index (κ3) is 8.61. The summed E-state index contributed by atoms with van der Waals surface area (Å²) in [6.45, 7) is 1.93. The Labute approximate surface area is 251 Å². The molecule has 0 radical (unpaired) electrons. The largest absolute Gasteiger partial charge is 0.357 e. The summed E-state index contributed by atoms with van der Waals surface area (Å²) in [5.41, 5.74) is 2.71. The van der Waals surface area contributed by atoms with Crippen LogP contribution in [0.1, 0.15) is 29.5 Å². The Balaban J connectivity index is 1.89. The van der Waals surface area contributed by atoms with Crippen molar-refractivity contribution in [2.45, 2.75) is 38.8 Å². The highest BCUT2D eigenvalue weighted by atomic mass is 35.5. The normalized spacial score (nSPS) is 12.1. The summed E-state index contributed by atoms with van der Waals surface area (Å²) in [7, 11) is -2.13. The van der Waals surface area contributed by atoms with E-state index in [-0.39, 0.29) is 44.2 Å². The van der Waals surface area contributed by atoms with Crippen LogP contribution in [-0.2, 0) is 32.6 Å². The first kappa shape index (κ1) is 31.7. The maximum Gasteiger partial charge on any atom is 0.242 e. The van der Waals surface area contributed by atoms with Crippen molar-refractivity contribution in [2.24, 2.45) is 0 Å². The molecule has 2 amide bonds. The first-order valence-corrected chi connectivity index (χ1v) is 15.6. The van der Waals surface area contributed by atoms with Gasteiger partial charge in [0.1, 0.15) is 6.04 Å². The molecule has 0 aliphatic rings. The quantitative estimate of drug-likeness (QED) is 0.272. The molecule has 0 aliphatic carbocycles. The predicted molar refractivity (Wildman–Crippen MR) is 163 cm³/mol. The zero-order valence-corrected chi connectivity index (χ0v) is 25.6. The summed E-state index contributed by atoms with van der Waals surface area (Å²) in [5.74, 6) is -0.638. The maximum atomic E-state index is 13.8. The number of sulfonamides is 1. The lowest BCUT2D eigenvalue weighted by atomic mass is 10.0. The Kier molecular flexibility index (Phi) is 11.3. The van der Waals surface area contributed by atoms with Crippen molar-refractivity contribution in [3.05, 3.63) is 98.5 Å². The zero-order valence-electron chi connectivity index (χ0n) is 22.5. The molecule has 11 heteroatoms. The summed E-state index contributed by atoms with van der Waals surface area (Å²) < 4.78 is 26.6. The van der Waals surface area contributed by atoms with E-state index in [1.165, 1.54) is 16.3 Å². The van der Waals surface area contributed by atoms with Crippen LogP contribution in [0.15, 0.2) is 66.7 Å². The van der Waals surface area contributed by atoms with Crippen molar-refractivity contribution in [1.29, 1.82) is 0 Å². The molecule has 0 aromatic heterocycles. The van der Waals surface area contributed by atoms with E-state index >= 15 is 0 Å². The van der Waals surface area contributed by atoms with Crippen LogP contribution in [0.5, 0.6) is 0 Å². The molecule has 40 heavy (non-hydrogen) atoms. The first-order chi connectivity index (χ1) is 18.9. The van der Waals surface area contributed by atoms with E-state index in [9.17, 15) is 18.0 Å². The van der Waals surface area contributed by atoms with E-state index < -0.39 is 16.1 Å².